The van der Waals surface area contributed by atoms with Crippen LogP contribution in [-0.4, -0.2) is 0 Å². The lowest BCUT2D eigenvalue weighted by atomic mass is 9.94. The Morgan fingerprint density at radius 2 is 1.75 bits per heavy atom. The first-order valence-corrected chi connectivity index (χ1v) is 8.19. The number of hydrogen-bond donors (Lipinski definition) is 0. The molecule has 0 unspecified atom stereocenters. The van der Waals surface area contributed by atoms with Crippen LogP contribution < -0.4 is 4.57 Å². The maximum absolute atomic E-state index is 8.36. The molecule has 0 N–H and O–H groups in total. The van der Waals surface area contributed by atoms with Crippen molar-refractivity contribution in [3.63, 3.8) is 0 Å². The molecule has 122 valence electrons. The van der Waals surface area contributed by atoms with Gasteiger partial charge in [0.1, 0.15) is 7.05 Å². The topological polar surface area (TPSA) is 3.88 Å². The predicted molar refractivity (Wildman–Crippen MR) is 102 cm³/mol. The van der Waals surface area contributed by atoms with E-state index in [-0.39, 0.29) is 0 Å². The summed E-state index contributed by atoms with van der Waals surface area (Å²) in [5.74, 6) is -0.692. The van der Waals surface area contributed by atoms with Crippen molar-refractivity contribution in [3.8, 4) is 22.4 Å². The molecule has 24 heavy (non-hydrogen) atoms. The van der Waals surface area contributed by atoms with Crippen LogP contribution in [0.2, 0.25) is 0 Å². The Bertz CT molecular complexity index is 1010. The van der Waals surface area contributed by atoms with Crippen LogP contribution in [0.4, 0.5) is 0 Å². The third-order valence-corrected chi connectivity index (χ3v) is 4.48. The van der Waals surface area contributed by atoms with Crippen LogP contribution in [0.5, 0.6) is 0 Å². The van der Waals surface area contributed by atoms with E-state index in [1.165, 1.54) is 0 Å². The summed E-state index contributed by atoms with van der Waals surface area (Å²) in [4.78, 5) is 0. The van der Waals surface area contributed by atoms with Gasteiger partial charge in [-0.3, -0.25) is 0 Å². The van der Waals surface area contributed by atoms with Gasteiger partial charge in [-0.15, -0.1) is 0 Å². The summed E-state index contributed by atoms with van der Waals surface area (Å²) in [5, 5.41) is 0. The predicted octanol–water partition coefficient (Wildman–Crippen LogP) is 5.59. The highest BCUT2D eigenvalue weighted by molar-refractivity contribution is 5.74. The summed E-state index contributed by atoms with van der Waals surface area (Å²) in [6, 6.07) is 17.2. The first kappa shape index (κ1) is 12.0. The van der Waals surface area contributed by atoms with Gasteiger partial charge in [-0.25, -0.2) is 4.57 Å². The molecule has 0 aliphatic heterocycles. The quantitative estimate of drug-likeness (QED) is 0.554. The molecule has 0 radical (unpaired) electrons. The second-order valence-electron chi connectivity index (χ2n) is 6.49. The summed E-state index contributed by atoms with van der Waals surface area (Å²) < 4.78 is 34.0. The summed E-state index contributed by atoms with van der Waals surface area (Å²) in [6.07, 6.45) is 1.98. The minimum Gasteiger partial charge on any atom is -0.201 e. The third-order valence-electron chi connectivity index (χ3n) is 4.48. The van der Waals surface area contributed by atoms with Gasteiger partial charge in [-0.05, 0) is 53.6 Å². The Hall–Kier alpha value is -2.41. The van der Waals surface area contributed by atoms with Crippen molar-refractivity contribution in [3.05, 3.63) is 77.5 Å². The van der Waals surface area contributed by atoms with Gasteiger partial charge in [0, 0.05) is 23.2 Å². The van der Waals surface area contributed by atoms with Gasteiger partial charge in [-0.2, -0.15) is 0 Å². The Morgan fingerprint density at radius 1 is 0.958 bits per heavy atom. The van der Waals surface area contributed by atoms with Crippen molar-refractivity contribution in [1.82, 2.24) is 0 Å². The molecular formula is C23H26N+. The van der Waals surface area contributed by atoms with Gasteiger partial charge < -0.3 is 0 Å². The molecule has 0 saturated carbocycles. The fraction of sp³-hybridized carbons (Fsp3) is 0.261. The van der Waals surface area contributed by atoms with Crippen molar-refractivity contribution in [2.75, 3.05) is 0 Å². The largest absolute Gasteiger partial charge is 0.212 e. The molecule has 2 aromatic carbocycles. The van der Waals surface area contributed by atoms with Gasteiger partial charge in [0.05, 0.1) is 0 Å². The van der Waals surface area contributed by atoms with E-state index in [1.54, 1.807) is 12.1 Å². The highest BCUT2D eigenvalue weighted by Crippen LogP contribution is 2.30. The fourth-order valence-corrected chi connectivity index (χ4v) is 2.95. The van der Waals surface area contributed by atoms with Crippen molar-refractivity contribution in [2.24, 2.45) is 7.05 Å². The van der Waals surface area contributed by atoms with Crippen LogP contribution in [0, 0.1) is 13.8 Å². The fourth-order valence-electron chi connectivity index (χ4n) is 2.95. The van der Waals surface area contributed by atoms with Crippen molar-refractivity contribution < 1.29 is 10.1 Å². The van der Waals surface area contributed by atoms with E-state index in [9.17, 15) is 0 Å². The van der Waals surface area contributed by atoms with E-state index in [2.05, 4.69) is 12.1 Å². The number of aryl methyl sites for hydroxylation is 3. The molecule has 0 aliphatic carbocycles. The van der Waals surface area contributed by atoms with Crippen LogP contribution in [0.3, 0.4) is 0 Å². The molecule has 0 saturated heterocycles. The van der Waals surface area contributed by atoms with E-state index in [4.69, 9.17) is 5.48 Å². The second-order valence-corrected chi connectivity index (χ2v) is 6.49. The minimum atomic E-state index is -2.17. The molecule has 0 amide bonds. The average Bonchev–Trinajstić information content (AvgIpc) is 2.61. The average molecular weight is 320 g/mol. The van der Waals surface area contributed by atoms with Gasteiger partial charge in [0.2, 0.25) is 5.69 Å². The molecular weight excluding hydrogens is 290 g/mol. The SMILES string of the molecule is [2H]C([2H])([2H])c1ccccc1-c1ccc(C)c(-c2cc(C([2H])(C)C)cc[n+]2C)c1. The van der Waals surface area contributed by atoms with Crippen LogP contribution in [-0.2, 0) is 7.05 Å². The van der Waals surface area contributed by atoms with Crippen LogP contribution in [0.15, 0.2) is 60.8 Å². The third kappa shape index (κ3) is 3.12. The summed E-state index contributed by atoms with van der Waals surface area (Å²) in [5.41, 5.74) is 6.04. The number of rotatable bonds is 3. The number of hydrogen-bond acceptors (Lipinski definition) is 0. The lowest BCUT2D eigenvalue weighted by Crippen LogP contribution is -2.30. The highest BCUT2D eigenvalue weighted by Gasteiger charge is 2.16. The molecule has 0 spiro atoms. The molecule has 0 fully saturated rings. The van der Waals surface area contributed by atoms with Crippen molar-refractivity contribution >= 4 is 0 Å². The molecule has 1 heteroatoms. The molecule has 0 bridgehead atoms. The lowest BCUT2D eigenvalue weighted by molar-refractivity contribution is -0.660. The first-order chi connectivity index (χ1) is 13.0. The van der Waals surface area contributed by atoms with E-state index in [0.29, 0.717) is 5.56 Å². The van der Waals surface area contributed by atoms with Crippen LogP contribution in [0.25, 0.3) is 22.4 Å². The second kappa shape index (κ2) is 6.60. The summed E-state index contributed by atoms with van der Waals surface area (Å²) in [7, 11) is 1.98. The zero-order valence-corrected chi connectivity index (χ0v) is 14.7. The molecule has 0 atom stereocenters. The van der Waals surface area contributed by atoms with Gasteiger partial charge in [0.25, 0.3) is 0 Å². The van der Waals surface area contributed by atoms with E-state index in [1.807, 2.05) is 68.9 Å². The number of aromatic nitrogens is 1. The zero-order valence-electron chi connectivity index (χ0n) is 18.7. The molecule has 1 aromatic heterocycles. The maximum Gasteiger partial charge on any atom is 0.212 e. The van der Waals surface area contributed by atoms with E-state index < -0.39 is 12.7 Å². The van der Waals surface area contributed by atoms with Gasteiger partial charge in [0.15, 0.2) is 6.20 Å². The molecule has 3 rings (SSSR count). The standard InChI is InChI=1S/C23H26N/c1-16(2)19-12-13-24(5)23(15-19)22-14-20(11-10-18(22)4)21-9-7-6-8-17(21)3/h6-16H,1-5H3/q+1/i3D3,16D. The number of pyridine rings is 1. The van der Waals surface area contributed by atoms with E-state index >= 15 is 0 Å². The first-order valence-electron chi connectivity index (χ1n) is 10.2. The Labute approximate surface area is 151 Å². The monoisotopic (exact) mass is 320 g/mol. The number of nitrogens with zero attached hydrogens (tertiary/aromatic N) is 1. The van der Waals surface area contributed by atoms with E-state index in [0.717, 1.165) is 33.5 Å². The van der Waals surface area contributed by atoms with Crippen molar-refractivity contribution in [1.29, 1.82) is 0 Å². The highest BCUT2D eigenvalue weighted by atomic mass is 14.9. The van der Waals surface area contributed by atoms with Gasteiger partial charge in [-0.1, -0.05) is 50.2 Å². The van der Waals surface area contributed by atoms with Crippen LogP contribution >= 0.6 is 0 Å². The minimum absolute atomic E-state index is 0.357. The lowest BCUT2D eigenvalue weighted by Gasteiger charge is -2.12. The normalized spacial score (nSPS) is 14.5. The Kier molecular flexibility index (Phi) is 3.31. The van der Waals surface area contributed by atoms with Crippen molar-refractivity contribution in [2.45, 2.75) is 33.5 Å². The molecule has 1 heterocycles. The van der Waals surface area contributed by atoms with Gasteiger partial charge >= 0.3 is 0 Å². The molecule has 1 nitrogen and oxygen atoms in total. The Morgan fingerprint density at radius 3 is 2.50 bits per heavy atom. The summed E-state index contributed by atoms with van der Waals surface area (Å²) in [6.45, 7) is 3.64. The summed E-state index contributed by atoms with van der Waals surface area (Å²) >= 11 is 0. The number of benzene rings is 2. The molecule has 0 aliphatic rings. The smallest absolute Gasteiger partial charge is 0.201 e. The zero-order chi connectivity index (χ0) is 20.7. The molecule has 3 aromatic rings. The van der Waals surface area contributed by atoms with Crippen LogP contribution in [0.1, 0.15) is 41.9 Å². The Balaban J connectivity index is 2.21. The maximum atomic E-state index is 8.36.